The van der Waals surface area contributed by atoms with Gasteiger partial charge in [-0.3, -0.25) is 0 Å². The summed E-state index contributed by atoms with van der Waals surface area (Å²) >= 11 is 0. The van der Waals surface area contributed by atoms with E-state index in [4.69, 9.17) is 4.74 Å². The summed E-state index contributed by atoms with van der Waals surface area (Å²) in [5.41, 5.74) is -0.375. The summed E-state index contributed by atoms with van der Waals surface area (Å²) in [4.78, 5) is 0. The molecule has 0 saturated heterocycles. The molecule has 0 spiro atoms. The van der Waals surface area contributed by atoms with Crippen molar-refractivity contribution < 1.29 is 22.3 Å². The summed E-state index contributed by atoms with van der Waals surface area (Å²) in [6, 6.07) is 7.40. The molecule has 0 aliphatic heterocycles. The van der Waals surface area contributed by atoms with E-state index in [1.54, 1.807) is 25.2 Å². The average molecular weight is 357 g/mol. The van der Waals surface area contributed by atoms with Crippen LogP contribution in [0.4, 0.5) is 17.6 Å². The highest BCUT2D eigenvalue weighted by atomic mass is 19.4. The van der Waals surface area contributed by atoms with E-state index < -0.39 is 11.6 Å². The van der Waals surface area contributed by atoms with Gasteiger partial charge in [0.1, 0.15) is 12.4 Å². The zero-order valence-corrected chi connectivity index (χ0v) is 13.7. The summed E-state index contributed by atoms with van der Waals surface area (Å²) in [5, 5.41) is 7.15. The molecule has 4 nitrogen and oxygen atoms in total. The Bertz CT molecular complexity index is 720. The largest absolute Gasteiger partial charge is 0.473 e. The van der Waals surface area contributed by atoms with Crippen LogP contribution in [0.15, 0.2) is 30.3 Å². The summed E-state index contributed by atoms with van der Waals surface area (Å²) in [6.45, 7) is 0.307. The topological polar surface area (TPSA) is 39.1 Å². The highest BCUT2D eigenvalue weighted by Gasteiger charge is 2.63. The van der Waals surface area contributed by atoms with E-state index >= 15 is 0 Å². The highest BCUT2D eigenvalue weighted by molar-refractivity contribution is 5.20. The van der Waals surface area contributed by atoms with Crippen molar-refractivity contribution in [1.82, 2.24) is 15.1 Å². The predicted octanol–water partition coefficient (Wildman–Crippen LogP) is 3.66. The van der Waals surface area contributed by atoms with E-state index in [1.165, 1.54) is 16.8 Å². The molecule has 1 aliphatic carbocycles. The molecule has 1 aromatic carbocycles. The van der Waals surface area contributed by atoms with Crippen molar-refractivity contribution in [3.05, 3.63) is 47.4 Å². The lowest BCUT2D eigenvalue weighted by atomic mass is 10.1. The van der Waals surface area contributed by atoms with Crippen LogP contribution in [0, 0.1) is 11.2 Å². The fourth-order valence-corrected chi connectivity index (χ4v) is 2.65. The van der Waals surface area contributed by atoms with Crippen molar-refractivity contribution in [3.63, 3.8) is 0 Å². The Morgan fingerprint density at radius 3 is 2.48 bits per heavy atom. The van der Waals surface area contributed by atoms with E-state index in [0.717, 1.165) is 5.56 Å². The van der Waals surface area contributed by atoms with Gasteiger partial charge in [-0.25, -0.2) is 9.07 Å². The molecule has 0 bridgehead atoms. The third kappa shape index (κ3) is 3.95. The summed E-state index contributed by atoms with van der Waals surface area (Å²) in [7, 11) is 1.73. The molecule has 1 N–H and O–H groups in total. The van der Waals surface area contributed by atoms with E-state index in [2.05, 4.69) is 10.4 Å². The molecule has 8 heteroatoms. The van der Waals surface area contributed by atoms with Gasteiger partial charge < -0.3 is 10.1 Å². The summed E-state index contributed by atoms with van der Waals surface area (Å²) < 4.78 is 59.6. The summed E-state index contributed by atoms with van der Waals surface area (Å²) in [6.07, 6.45) is -4.04. The molecule has 1 saturated carbocycles. The molecule has 3 rings (SSSR count). The quantitative estimate of drug-likeness (QED) is 0.769. The Hall–Kier alpha value is -2.09. The molecular formula is C17H19F4N3O. The number of hydrogen-bond donors (Lipinski definition) is 1. The fraction of sp³-hybridized carbons (Fsp3) is 0.471. The maximum atomic E-state index is 13.2. The Balaban J connectivity index is 1.76. The predicted molar refractivity (Wildman–Crippen MR) is 83.4 cm³/mol. The average Bonchev–Trinajstić information content (AvgIpc) is 3.24. The molecule has 0 unspecified atom stereocenters. The van der Waals surface area contributed by atoms with Gasteiger partial charge in [0.15, 0.2) is 0 Å². The monoisotopic (exact) mass is 357 g/mol. The molecule has 1 aromatic heterocycles. The lowest BCUT2D eigenvalue weighted by Gasteiger charge is -2.20. The van der Waals surface area contributed by atoms with Gasteiger partial charge in [-0.05, 0) is 37.6 Å². The van der Waals surface area contributed by atoms with Gasteiger partial charge in [0.25, 0.3) is 0 Å². The van der Waals surface area contributed by atoms with Gasteiger partial charge >= 0.3 is 6.18 Å². The molecule has 136 valence electrons. The van der Waals surface area contributed by atoms with Crippen molar-refractivity contribution in [2.45, 2.75) is 38.7 Å². The minimum absolute atomic E-state index is 0.106. The number of rotatable bonds is 7. The standard InChI is InChI=1S/C17H19F4N3O/c1-22-9-14-8-15(25-10-12-2-4-13(18)5-3-12)24(23-14)11-16(6-7-16)17(19,20)21/h2-5,8,22H,6-7,9-11H2,1H3. The third-order valence-electron chi connectivity index (χ3n) is 4.36. The maximum Gasteiger partial charge on any atom is 0.396 e. The van der Waals surface area contributed by atoms with E-state index in [0.29, 0.717) is 12.2 Å². The van der Waals surface area contributed by atoms with Crippen LogP contribution < -0.4 is 10.1 Å². The van der Waals surface area contributed by atoms with Crippen LogP contribution in [0.5, 0.6) is 5.88 Å². The van der Waals surface area contributed by atoms with Crippen molar-refractivity contribution in [2.75, 3.05) is 7.05 Å². The molecule has 0 amide bonds. The SMILES string of the molecule is CNCc1cc(OCc2ccc(F)cc2)n(CC2(C(F)(F)F)CC2)n1. The number of halogens is 4. The van der Waals surface area contributed by atoms with Gasteiger partial charge in [0, 0.05) is 12.6 Å². The zero-order chi connectivity index (χ0) is 18.1. The number of aromatic nitrogens is 2. The lowest BCUT2D eigenvalue weighted by molar-refractivity contribution is -0.191. The molecule has 2 aromatic rings. The molecule has 25 heavy (non-hydrogen) atoms. The second-order valence-corrected chi connectivity index (χ2v) is 6.36. The molecular weight excluding hydrogens is 338 g/mol. The molecule has 0 atom stereocenters. The minimum Gasteiger partial charge on any atom is -0.473 e. The molecule has 0 radical (unpaired) electrons. The van der Waals surface area contributed by atoms with Crippen molar-refractivity contribution >= 4 is 0 Å². The maximum absolute atomic E-state index is 13.2. The minimum atomic E-state index is -4.25. The first-order chi connectivity index (χ1) is 11.8. The zero-order valence-electron chi connectivity index (χ0n) is 13.7. The number of nitrogens with one attached hydrogen (secondary N) is 1. The first kappa shape index (κ1) is 17.7. The second-order valence-electron chi connectivity index (χ2n) is 6.36. The third-order valence-corrected chi connectivity index (χ3v) is 4.36. The van der Waals surface area contributed by atoms with Gasteiger partial charge in [-0.15, -0.1) is 0 Å². The van der Waals surface area contributed by atoms with Gasteiger partial charge in [0.2, 0.25) is 5.88 Å². The van der Waals surface area contributed by atoms with E-state index in [9.17, 15) is 17.6 Å². The molecule has 1 fully saturated rings. The van der Waals surface area contributed by atoms with Gasteiger partial charge in [-0.1, -0.05) is 12.1 Å². The van der Waals surface area contributed by atoms with Crippen LogP contribution in [0.2, 0.25) is 0 Å². The van der Waals surface area contributed by atoms with Crippen LogP contribution >= 0.6 is 0 Å². The summed E-state index contributed by atoms with van der Waals surface area (Å²) in [5.74, 6) is -0.0731. The van der Waals surface area contributed by atoms with Crippen molar-refractivity contribution in [2.24, 2.45) is 5.41 Å². The Kier molecular flexibility index (Phi) is 4.73. The highest BCUT2D eigenvalue weighted by Crippen LogP contribution is 2.58. The number of ether oxygens (including phenoxy) is 1. The van der Waals surface area contributed by atoms with Gasteiger partial charge in [0.05, 0.1) is 17.7 Å². The number of nitrogens with zero attached hydrogens (tertiary/aromatic N) is 2. The van der Waals surface area contributed by atoms with Gasteiger partial charge in [-0.2, -0.15) is 18.3 Å². The fourth-order valence-electron chi connectivity index (χ4n) is 2.65. The lowest BCUT2D eigenvalue weighted by Crippen LogP contribution is -2.30. The Morgan fingerprint density at radius 1 is 1.24 bits per heavy atom. The molecule has 1 heterocycles. The van der Waals surface area contributed by atoms with Crippen LogP contribution in [-0.4, -0.2) is 23.0 Å². The second kappa shape index (κ2) is 6.67. The first-order valence-electron chi connectivity index (χ1n) is 7.98. The Labute approximate surface area is 142 Å². The van der Waals surface area contributed by atoms with Crippen molar-refractivity contribution in [3.8, 4) is 5.88 Å². The number of alkyl halides is 3. The number of benzene rings is 1. The smallest absolute Gasteiger partial charge is 0.396 e. The number of hydrogen-bond acceptors (Lipinski definition) is 3. The molecule has 1 aliphatic rings. The van der Waals surface area contributed by atoms with E-state index in [1.807, 2.05) is 0 Å². The van der Waals surface area contributed by atoms with Crippen LogP contribution in [-0.2, 0) is 19.7 Å². The van der Waals surface area contributed by atoms with Crippen LogP contribution in [0.3, 0.4) is 0 Å². The van der Waals surface area contributed by atoms with Crippen molar-refractivity contribution in [1.29, 1.82) is 0 Å². The first-order valence-corrected chi connectivity index (χ1v) is 7.98. The van der Waals surface area contributed by atoms with Crippen LogP contribution in [0.1, 0.15) is 24.1 Å². The normalized spacial score (nSPS) is 16.0. The Morgan fingerprint density at radius 2 is 1.92 bits per heavy atom. The van der Waals surface area contributed by atoms with Crippen LogP contribution in [0.25, 0.3) is 0 Å². The van der Waals surface area contributed by atoms with E-state index in [-0.39, 0.29) is 37.7 Å².